The number of methoxy groups -OCH3 is 1. The van der Waals surface area contributed by atoms with Crippen LogP contribution in [0.2, 0.25) is 0 Å². The summed E-state index contributed by atoms with van der Waals surface area (Å²) in [6.45, 7) is 8.45. The van der Waals surface area contributed by atoms with Gasteiger partial charge in [-0.15, -0.1) is 24.0 Å². The summed E-state index contributed by atoms with van der Waals surface area (Å²) in [7, 11) is 1.68. The maximum Gasteiger partial charge on any atom is 0.261 e. The molecular weight excluding hydrogens is 471 g/mol. The normalized spacial score (nSPS) is 14.0. The Labute approximate surface area is 184 Å². The third-order valence-corrected chi connectivity index (χ3v) is 4.49. The van der Waals surface area contributed by atoms with Gasteiger partial charge in [0.15, 0.2) is 5.96 Å². The molecule has 1 aliphatic rings. The van der Waals surface area contributed by atoms with E-state index in [0.29, 0.717) is 30.8 Å². The number of amides is 2. The number of hydrogen-bond donors (Lipinski definition) is 2. The Morgan fingerprint density at radius 3 is 2.25 bits per heavy atom. The van der Waals surface area contributed by atoms with E-state index >= 15 is 0 Å². The molecule has 0 unspecified atom stereocenters. The zero-order chi connectivity index (χ0) is 19.9. The number of hydrogen-bond acceptors (Lipinski definition) is 4. The first kappa shape index (κ1) is 24.4. The second kappa shape index (κ2) is 11.4. The van der Waals surface area contributed by atoms with E-state index in [1.165, 1.54) is 4.90 Å². The van der Waals surface area contributed by atoms with Crippen LogP contribution in [0.25, 0.3) is 0 Å². The summed E-state index contributed by atoms with van der Waals surface area (Å²) >= 11 is 0. The highest BCUT2D eigenvalue weighted by Gasteiger charge is 2.34. The average Bonchev–Trinajstić information content (AvgIpc) is 2.91. The number of carbonyl (C=O) groups is 2. The fourth-order valence-electron chi connectivity index (χ4n) is 2.72. The molecule has 0 saturated carbocycles. The van der Waals surface area contributed by atoms with Crippen LogP contribution in [-0.2, 0) is 4.74 Å². The first-order valence-electron chi connectivity index (χ1n) is 9.42. The summed E-state index contributed by atoms with van der Waals surface area (Å²) in [5.41, 5.74) is 0.694. The molecule has 1 aromatic carbocycles. The Balaban J connectivity index is 0.00000392. The van der Waals surface area contributed by atoms with Crippen molar-refractivity contribution in [2.75, 3.05) is 33.3 Å². The lowest BCUT2D eigenvalue weighted by molar-refractivity contribution is 0.0310. The van der Waals surface area contributed by atoms with Crippen LogP contribution < -0.4 is 10.6 Å². The monoisotopic (exact) mass is 502 g/mol. The number of aliphatic imine (C=N–C) groups is 1. The van der Waals surface area contributed by atoms with Gasteiger partial charge in [0.25, 0.3) is 11.8 Å². The van der Waals surface area contributed by atoms with Gasteiger partial charge in [0, 0.05) is 26.7 Å². The summed E-state index contributed by atoms with van der Waals surface area (Å²) in [5, 5.41) is 6.48. The average molecular weight is 502 g/mol. The van der Waals surface area contributed by atoms with Crippen molar-refractivity contribution in [3.63, 3.8) is 0 Å². The van der Waals surface area contributed by atoms with E-state index in [0.717, 1.165) is 25.3 Å². The van der Waals surface area contributed by atoms with Gasteiger partial charge in [-0.2, -0.15) is 0 Å². The van der Waals surface area contributed by atoms with Crippen LogP contribution >= 0.6 is 24.0 Å². The van der Waals surface area contributed by atoms with Crippen LogP contribution in [0.1, 0.15) is 54.3 Å². The van der Waals surface area contributed by atoms with Crippen molar-refractivity contribution in [3.8, 4) is 0 Å². The molecule has 28 heavy (non-hydrogen) atoms. The first-order chi connectivity index (χ1) is 12.9. The molecule has 0 fully saturated rings. The van der Waals surface area contributed by atoms with Gasteiger partial charge in [0.1, 0.15) is 0 Å². The van der Waals surface area contributed by atoms with Crippen LogP contribution in [0.5, 0.6) is 0 Å². The number of unbranched alkanes of at least 4 members (excludes halogenated alkanes) is 1. The summed E-state index contributed by atoms with van der Waals surface area (Å²) in [6.07, 6.45) is 1.56. The molecule has 0 atom stereocenters. The molecule has 0 bridgehead atoms. The number of carbonyl (C=O) groups excluding carboxylic acids is 2. The number of rotatable bonds is 9. The second-order valence-electron chi connectivity index (χ2n) is 7.10. The quantitative estimate of drug-likeness (QED) is 0.179. The van der Waals surface area contributed by atoms with Crippen molar-refractivity contribution in [2.45, 2.75) is 39.2 Å². The SMILES string of the molecule is CCNC(=NCC(C)(C)OC)NCCCCN1C(=O)c2ccccc2C1=O.I. The predicted molar refractivity (Wildman–Crippen MR) is 122 cm³/mol. The molecule has 1 heterocycles. The van der Waals surface area contributed by atoms with Gasteiger partial charge in [0.05, 0.1) is 23.3 Å². The zero-order valence-electron chi connectivity index (χ0n) is 17.1. The van der Waals surface area contributed by atoms with Crippen LogP contribution in [0.15, 0.2) is 29.3 Å². The standard InChI is InChI=1S/C20H30N4O3.HI/c1-5-21-19(23-14-20(2,3)27-4)22-12-8-9-13-24-17(25)15-10-6-7-11-16(15)18(24)26;/h6-7,10-11H,5,8-9,12-14H2,1-4H3,(H2,21,22,23);1H. The van der Waals surface area contributed by atoms with Gasteiger partial charge in [-0.25, -0.2) is 0 Å². The van der Waals surface area contributed by atoms with Gasteiger partial charge in [0.2, 0.25) is 0 Å². The van der Waals surface area contributed by atoms with E-state index in [1.807, 2.05) is 20.8 Å². The number of fused-ring (bicyclic) bond motifs is 1. The Hall–Kier alpha value is -1.68. The molecule has 0 saturated heterocycles. The summed E-state index contributed by atoms with van der Waals surface area (Å²) in [5.74, 6) is 0.351. The van der Waals surface area contributed by atoms with Crippen molar-refractivity contribution in [1.82, 2.24) is 15.5 Å². The van der Waals surface area contributed by atoms with Gasteiger partial charge in [-0.3, -0.25) is 19.5 Å². The molecule has 2 rings (SSSR count). The third kappa shape index (κ3) is 6.44. The van der Waals surface area contributed by atoms with Crippen LogP contribution in [-0.4, -0.2) is 61.6 Å². The minimum absolute atomic E-state index is 0. The minimum Gasteiger partial charge on any atom is -0.377 e. The fraction of sp³-hybridized carbons (Fsp3) is 0.550. The molecule has 2 N–H and O–H groups in total. The molecule has 2 amide bonds. The lowest BCUT2D eigenvalue weighted by Gasteiger charge is -2.21. The maximum absolute atomic E-state index is 12.3. The molecule has 8 heteroatoms. The van der Waals surface area contributed by atoms with E-state index in [-0.39, 0.29) is 41.4 Å². The molecule has 7 nitrogen and oxygen atoms in total. The highest BCUT2D eigenvalue weighted by molar-refractivity contribution is 14.0. The van der Waals surface area contributed by atoms with Crippen molar-refractivity contribution in [2.24, 2.45) is 4.99 Å². The Bertz CT molecular complexity index is 671. The molecule has 1 aromatic rings. The fourth-order valence-corrected chi connectivity index (χ4v) is 2.72. The highest BCUT2D eigenvalue weighted by atomic mass is 127. The number of ether oxygens (including phenoxy) is 1. The number of benzene rings is 1. The molecule has 0 aromatic heterocycles. The summed E-state index contributed by atoms with van der Waals surface area (Å²) in [4.78, 5) is 30.5. The maximum atomic E-state index is 12.3. The Morgan fingerprint density at radius 2 is 1.71 bits per heavy atom. The smallest absolute Gasteiger partial charge is 0.261 e. The second-order valence-corrected chi connectivity index (χ2v) is 7.10. The van der Waals surface area contributed by atoms with Crippen molar-refractivity contribution >= 4 is 41.8 Å². The number of nitrogens with zero attached hydrogens (tertiary/aromatic N) is 2. The van der Waals surface area contributed by atoms with E-state index in [2.05, 4.69) is 15.6 Å². The molecule has 1 aliphatic heterocycles. The van der Waals surface area contributed by atoms with E-state index in [9.17, 15) is 9.59 Å². The topological polar surface area (TPSA) is 83.0 Å². The highest BCUT2D eigenvalue weighted by Crippen LogP contribution is 2.22. The van der Waals surface area contributed by atoms with Gasteiger partial charge in [-0.1, -0.05) is 12.1 Å². The van der Waals surface area contributed by atoms with Crippen LogP contribution in [0.4, 0.5) is 0 Å². The summed E-state index contributed by atoms with van der Waals surface area (Å²) in [6, 6.07) is 6.98. The van der Waals surface area contributed by atoms with E-state index in [1.54, 1.807) is 31.4 Å². The lowest BCUT2D eigenvalue weighted by Crippen LogP contribution is -2.39. The van der Waals surface area contributed by atoms with Gasteiger partial charge in [-0.05, 0) is 45.7 Å². The zero-order valence-corrected chi connectivity index (χ0v) is 19.4. The Morgan fingerprint density at radius 1 is 1.11 bits per heavy atom. The number of guanidine groups is 1. The number of imide groups is 1. The molecule has 0 aliphatic carbocycles. The first-order valence-corrected chi connectivity index (χ1v) is 9.42. The van der Waals surface area contributed by atoms with Crippen molar-refractivity contribution < 1.29 is 14.3 Å². The molecule has 0 spiro atoms. The van der Waals surface area contributed by atoms with E-state index in [4.69, 9.17) is 4.74 Å². The van der Waals surface area contributed by atoms with E-state index < -0.39 is 0 Å². The van der Waals surface area contributed by atoms with Gasteiger partial charge < -0.3 is 15.4 Å². The number of halogens is 1. The number of nitrogens with one attached hydrogen (secondary N) is 2. The lowest BCUT2D eigenvalue weighted by atomic mass is 10.1. The predicted octanol–water partition coefficient (Wildman–Crippen LogP) is 2.66. The van der Waals surface area contributed by atoms with Crippen LogP contribution in [0.3, 0.4) is 0 Å². The molecule has 156 valence electrons. The molecular formula is C20H31IN4O3. The van der Waals surface area contributed by atoms with Crippen LogP contribution in [0, 0.1) is 0 Å². The minimum atomic E-state index is -0.312. The van der Waals surface area contributed by atoms with Crippen molar-refractivity contribution in [1.29, 1.82) is 0 Å². The molecule has 0 radical (unpaired) electrons. The van der Waals surface area contributed by atoms with Crippen molar-refractivity contribution in [3.05, 3.63) is 35.4 Å². The van der Waals surface area contributed by atoms with Gasteiger partial charge >= 0.3 is 0 Å². The largest absolute Gasteiger partial charge is 0.377 e. The Kier molecular flexibility index (Phi) is 9.88. The third-order valence-electron chi connectivity index (χ3n) is 4.49. The summed E-state index contributed by atoms with van der Waals surface area (Å²) < 4.78 is 5.38.